The number of nitrogens with zero attached hydrogens (tertiary/aromatic N) is 3. The Morgan fingerprint density at radius 1 is 1.23 bits per heavy atom. The number of hydrogen-bond acceptors (Lipinski definition) is 5. The predicted molar refractivity (Wildman–Crippen MR) is 119 cm³/mol. The third kappa shape index (κ3) is 4.78. The summed E-state index contributed by atoms with van der Waals surface area (Å²) in [4.78, 5) is 56.9. The molecular weight excluding hydrogens is 445 g/mol. The van der Waals surface area contributed by atoms with Crippen LogP contribution in [0, 0.1) is 0 Å². The molecule has 2 heterocycles. The summed E-state index contributed by atoms with van der Waals surface area (Å²) < 4.78 is 1.34. The Balaban J connectivity index is 1.82. The number of carbonyl (C=O) groups is 2. The Bertz CT molecular complexity index is 1260. The highest BCUT2D eigenvalue weighted by Crippen LogP contribution is 2.29. The highest BCUT2D eigenvalue weighted by Gasteiger charge is 2.19. The van der Waals surface area contributed by atoms with Crippen LogP contribution in [0.15, 0.2) is 40.1 Å². The van der Waals surface area contributed by atoms with E-state index < -0.39 is 23.1 Å². The standard InChI is InChI=1S/C20H19Cl2N5O4/c1-3-7-27-17-12(18(29)25-20(27)31)8-11(9-23-17)19(30)26(2)10-15(28)24-16-13(21)5-4-6-14(16)22/h4-6,8-9H,3,7,10H2,1-2H3,(H,24,28)(H,25,29,31). The number of halogens is 2. The van der Waals surface area contributed by atoms with Gasteiger partial charge in [0.05, 0.1) is 33.2 Å². The molecule has 0 aliphatic heterocycles. The van der Waals surface area contributed by atoms with Gasteiger partial charge in [-0.2, -0.15) is 0 Å². The lowest BCUT2D eigenvalue weighted by Gasteiger charge is -2.18. The van der Waals surface area contributed by atoms with Gasteiger partial charge in [-0.1, -0.05) is 36.2 Å². The molecule has 0 atom stereocenters. The quantitative estimate of drug-likeness (QED) is 0.582. The summed E-state index contributed by atoms with van der Waals surface area (Å²) in [6.07, 6.45) is 1.94. The number of nitrogens with one attached hydrogen (secondary N) is 2. The lowest BCUT2D eigenvalue weighted by Crippen LogP contribution is -2.35. The second-order valence-corrected chi connectivity index (χ2v) is 7.63. The van der Waals surface area contributed by atoms with Gasteiger partial charge < -0.3 is 10.2 Å². The molecule has 3 rings (SSSR count). The Labute approximate surface area is 186 Å². The largest absolute Gasteiger partial charge is 0.332 e. The lowest BCUT2D eigenvalue weighted by molar-refractivity contribution is -0.116. The molecule has 162 valence electrons. The molecule has 1 aromatic carbocycles. The Morgan fingerprint density at radius 2 is 1.90 bits per heavy atom. The van der Waals surface area contributed by atoms with Gasteiger partial charge in [0, 0.05) is 19.8 Å². The lowest BCUT2D eigenvalue weighted by atomic mass is 10.2. The maximum absolute atomic E-state index is 12.8. The zero-order valence-electron chi connectivity index (χ0n) is 16.7. The first-order chi connectivity index (χ1) is 14.7. The minimum Gasteiger partial charge on any atom is -0.332 e. The summed E-state index contributed by atoms with van der Waals surface area (Å²) >= 11 is 12.1. The minimum absolute atomic E-state index is 0.103. The number of likely N-dealkylation sites (N-methyl/N-ethyl adjacent to an activating group) is 1. The number of benzene rings is 1. The number of rotatable bonds is 6. The smallest absolute Gasteiger partial charge is 0.329 e. The summed E-state index contributed by atoms with van der Waals surface area (Å²) in [6.45, 7) is 1.97. The molecule has 2 amide bonds. The van der Waals surface area contributed by atoms with E-state index in [0.29, 0.717) is 13.0 Å². The van der Waals surface area contributed by atoms with Gasteiger partial charge in [-0.15, -0.1) is 0 Å². The second-order valence-electron chi connectivity index (χ2n) is 6.81. The molecule has 0 fully saturated rings. The number of anilines is 1. The van der Waals surface area contributed by atoms with Crippen LogP contribution in [-0.4, -0.2) is 44.8 Å². The number of amides is 2. The van der Waals surface area contributed by atoms with Crippen molar-refractivity contribution in [3.8, 4) is 0 Å². The highest BCUT2D eigenvalue weighted by molar-refractivity contribution is 6.39. The van der Waals surface area contributed by atoms with Gasteiger partial charge in [0.15, 0.2) is 0 Å². The van der Waals surface area contributed by atoms with Crippen LogP contribution in [0.25, 0.3) is 11.0 Å². The molecule has 0 bridgehead atoms. The number of aryl methyl sites for hydroxylation is 1. The van der Waals surface area contributed by atoms with Crippen molar-refractivity contribution in [3.05, 3.63) is 66.9 Å². The molecule has 9 nitrogen and oxygen atoms in total. The molecule has 0 aliphatic rings. The molecule has 2 aromatic heterocycles. The fraction of sp³-hybridized carbons (Fsp3) is 0.250. The van der Waals surface area contributed by atoms with Gasteiger partial charge in [-0.3, -0.25) is 23.9 Å². The van der Waals surface area contributed by atoms with Crippen LogP contribution in [0.2, 0.25) is 10.0 Å². The van der Waals surface area contributed by atoms with E-state index in [1.54, 1.807) is 18.2 Å². The SMILES string of the molecule is CCCn1c(=O)[nH]c(=O)c2cc(C(=O)N(C)CC(=O)Nc3c(Cl)cccc3Cl)cnc21. The third-order valence-corrected chi connectivity index (χ3v) is 5.11. The highest BCUT2D eigenvalue weighted by atomic mass is 35.5. The van der Waals surface area contributed by atoms with Gasteiger partial charge in [0.1, 0.15) is 5.65 Å². The Kier molecular flexibility index (Phi) is 6.77. The fourth-order valence-electron chi connectivity index (χ4n) is 3.02. The molecule has 0 spiro atoms. The zero-order chi connectivity index (χ0) is 22.7. The number of aromatic amines is 1. The van der Waals surface area contributed by atoms with Gasteiger partial charge in [-0.25, -0.2) is 9.78 Å². The number of para-hydroxylation sites is 1. The third-order valence-electron chi connectivity index (χ3n) is 4.48. The summed E-state index contributed by atoms with van der Waals surface area (Å²) in [5.41, 5.74) is -0.641. The van der Waals surface area contributed by atoms with E-state index in [2.05, 4.69) is 15.3 Å². The van der Waals surface area contributed by atoms with Crippen molar-refractivity contribution < 1.29 is 9.59 Å². The first kappa shape index (κ1) is 22.5. The normalized spacial score (nSPS) is 10.8. The molecular formula is C20H19Cl2N5O4. The number of H-pyrrole nitrogens is 1. The predicted octanol–water partition coefficient (Wildman–Crippen LogP) is 2.51. The van der Waals surface area contributed by atoms with Gasteiger partial charge >= 0.3 is 5.69 Å². The molecule has 31 heavy (non-hydrogen) atoms. The van der Waals surface area contributed by atoms with E-state index in [0.717, 1.165) is 0 Å². The van der Waals surface area contributed by atoms with Crippen molar-refractivity contribution in [3.63, 3.8) is 0 Å². The van der Waals surface area contributed by atoms with Gasteiger partial charge in [-0.05, 0) is 24.6 Å². The van der Waals surface area contributed by atoms with E-state index in [-0.39, 0.29) is 38.9 Å². The summed E-state index contributed by atoms with van der Waals surface area (Å²) in [5.74, 6) is -1.03. The molecule has 0 radical (unpaired) electrons. The van der Waals surface area contributed by atoms with Crippen LogP contribution >= 0.6 is 23.2 Å². The fourth-order valence-corrected chi connectivity index (χ4v) is 3.51. The van der Waals surface area contributed by atoms with Crippen molar-refractivity contribution in [2.45, 2.75) is 19.9 Å². The van der Waals surface area contributed by atoms with Gasteiger partial charge in [0.25, 0.3) is 11.5 Å². The molecule has 0 aliphatic carbocycles. The second kappa shape index (κ2) is 9.32. The van der Waals surface area contributed by atoms with E-state index in [9.17, 15) is 19.2 Å². The van der Waals surface area contributed by atoms with Crippen LogP contribution < -0.4 is 16.6 Å². The maximum Gasteiger partial charge on any atom is 0.329 e. The van der Waals surface area contributed by atoms with Crippen LogP contribution in [0.5, 0.6) is 0 Å². The number of carbonyl (C=O) groups excluding carboxylic acids is 2. The van der Waals surface area contributed by atoms with Crippen LogP contribution in [0.3, 0.4) is 0 Å². The molecule has 0 saturated carbocycles. The molecule has 3 aromatic rings. The molecule has 2 N–H and O–H groups in total. The van der Waals surface area contributed by atoms with E-state index in [4.69, 9.17) is 23.2 Å². The minimum atomic E-state index is -0.636. The number of hydrogen-bond donors (Lipinski definition) is 2. The number of aromatic nitrogens is 3. The van der Waals surface area contributed by atoms with Gasteiger partial charge in [0.2, 0.25) is 5.91 Å². The summed E-state index contributed by atoms with van der Waals surface area (Å²) in [7, 11) is 1.43. The van der Waals surface area contributed by atoms with Crippen LogP contribution in [0.4, 0.5) is 5.69 Å². The topological polar surface area (TPSA) is 117 Å². The van der Waals surface area contributed by atoms with Crippen LogP contribution in [-0.2, 0) is 11.3 Å². The zero-order valence-corrected chi connectivity index (χ0v) is 18.3. The molecule has 11 heteroatoms. The van der Waals surface area contributed by atoms with E-state index in [1.165, 1.54) is 28.8 Å². The molecule has 0 saturated heterocycles. The average Bonchev–Trinajstić information content (AvgIpc) is 2.73. The summed E-state index contributed by atoms with van der Waals surface area (Å²) in [5, 5.41) is 3.23. The van der Waals surface area contributed by atoms with Crippen molar-refractivity contribution >= 4 is 51.7 Å². The van der Waals surface area contributed by atoms with Crippen molar-refractivity contribution in [2.75, 3.05) is 18.9 Å². The monoisotopic (exact) mass is 463 g/mol. The first-order valence-corrected chi connectivity index (χ1v) is 10.1. The van der Waals surface area contributed by atoms with E-state index in [1.807, 2.05) is 6.92 Å². The Morgan fingerprint density at radius 3 is 2.55 bits per heavy atom. The van der Waals surface area contributed by atoms with Crippen molar-refractivity contribution in [1.29, 1.82) is 0 Å². The number of fused-ring (bicyclic) bond motifs is 1. The molecule has 0 unspecified atom stereocenters. The number of pyridine rings is 1. The van der Waals surface area contributed by atoms with Crippen molar-refractivity contribution in [1.82, 2.24) is 19.4 Å². The summed E-state index contributed by atoms with van der Waals surface area (Å²) in [6, 6.07) is 6.15. The Hall–Kier alpha value is -3.17. The average molecular weight is 464 g/mol. The van der Waals surface area contributed by atoms with Crippen molar-refractivity contribution in [2.24, 2.45) is 0 Å². The van der Waals surface area contributed by atoms with Crippen LogP contribution in [0.1, 0.15) is 23.7 Å². The van der Waals surface area contributed by atoms with E-state index >= 15 is 0 Å². The maximum atomic E-state index is 12.8. The first-order valence-electron chi connectivity index (χ1n) is 9.35.